The second-order valence-electron chi connectivity index (χ2n) is 10.3. The molecule has 0 radical (unpaired) electrons. The molecule has 0 saturated carbocycles. The molecule has 0 aromatic carbocycles. The predicted octanol–water partition coefficient (Wildman–Crippen LogP) is 11.9. The molecule has 0 fully saturated rings. The monoisotopic (exact) mass is 582 g/mol. The third kappa shape index (κ3) is 31.2. The van der Waals surface area contributed by atoms with Gasteiger partial charge in [0, 0.05) is 36.1 Å². The van der Waals surface area contributed by atoms with Crippen LogP contribution in [0.15, 0.2) is 12.2 Å². The second kappa shape index (κ2) is 32.2. The molecule has 0 spiro atoms. The van der Waals surface area contributed by atoms with Gasteiger partial charge in [0.2, 0.25) is 0 Å². The smallest absolute Gasteiger partial charge is 0.306 e. The predicted molar refractivity (Wildman–Crippen MR) is 172 cm³/mol. The average molecular weight is 582 g/mol. The first kappa shape index (κ1) is 18.4. The standard InChI is InChI=1S/C36H68O4/c1-3-5-7-9-10-11-12-13-14-15-16-17-22-25-29-33-36(39)40-34(30-26-8-6-4-2)31-27-23-20-18-19-21-24-28-32-35(37)38/h13-14,34H,3-12,15-33H2,1-2H3,(H,37,38)/b14-13+/i1D3,3D2,5D2,7D2,9D2,10D2,11D2,12D2. The van der Waals surface area contributed by atoms with Crippen LogP contribution >= 0.6 is 0 Å². The highest BCUT2D eigenvalue weighted by atomic mass is 16.5. The van der Waals surface area contributed by atoms with Crippen molar-refractivity contribution in [3.63, 3.8) is 0 Å². The number of hydrogen-bond donors (Lipinski definition) is 1. The molecule has 4 nitrogen and oxygen atoms in total. The summed E-state index contributed by atoms with van der Waals surface area (Å²) >= 11 is 0. The van der Waals surface area contributed by atoms with E-state index in [2.05, 4.69) is 6.92 Å². The van der Waals surface area contributed by atoms with Crippen LogP contribution in [-0.4, -0.2) is 23.1 Å². The molecule has 0 bridgehead atoms. The lowest BCUT2D eigenvalue weighted by atomic mass is 10.0. The molecule has 1 N–H and O–H groups in total. The number of esters is 1. The van der Waals surface area contributed by atoms with Crippen LogP contribution in [0.1, 0.15) is 223 Å². The number of carboxylic acids is 1. The maximum Gasteiger partial charge on any atom is 0.306 e. The van der Waals surface area contributed by atoms with E-state index in [1.807, 2.05) is 0 Å². The first-order valence-corrected chi connectivity index (χ1v) is 15.6. The molecule has 1 atom stereocenters. The quantitative estimate of drug-likeness (QED) is 0.0487. The Morgan fingerprint density at radius 3 is 1.90 bits per heavy atom. The van der Waals surface area contributed by atoms with Gasteiger partial charge in [-0.05, 0) is 64.1 Å². The lowest BCUT2D eigenvalue weighted by Gasteiger charge is -2.18. The SMILES string of the molecule is [2H]C([2H])([2H])C([2H])([2H])C([2H])([2H])C([2H])([2H])C([2H])([2H])C([2H])([2H])C([2H])([2H])C([2H])([2H])/C=C/CCCCCCCC(=O)OC(CCCCCC)CCCCCCCCCCC(=O)O. The number of carbonyl (C=O) groups is 2. The third-order valence-electron chi connectivity index (χ3n) is 6.68. The van der Waals surface area contributed by atoms with Gasteiger partial charge in [-0.1, -0.05) is 135 Å². The summed E-state index contributed by atoms with van der Waals surface area (Å²) < 4.78 is 141. The van der Waals surface area contributed by atoms with Crippen molar-refractivity contribution in [3.8, 4) is 0 Å². The molecule has 0 aromatic rings. The highest BCUT2D eigenvalue weighted by Crippen LogP contribution is 2.18. The maximum atomic E-state index is 12.7. The Balaban J connectivity index is 4.94. The molecule has 0 amide bonds. The number of hydrogen-bond acceptors (Lipinski definition) is 3. The number of carboxylic acid groups (broad SMARTS) is 1. The van der Waals surface area contributed by atoms with Gasteiger partial charge in [0.1, 0.15) is 6.10 Å². The summed E-state index contributed by atoms with van der Waals surface area (Å²) in [6.45, 7) is -1.66. The third-order valence-corrected chi connectivity index (χ3v) is 6.68. The topological polar surface area (TPSA) is 63.6 Å². The van der Waals surface area contributed by atoms with Crippen LogP contribution in [0, 0.1) is 0 Å². The van der Waals surface area contributed by atoms with Crippen LogP contribution in [0.3, 0.4) is 0 Å². The zero-order valence-corrected chi connectivity index (χ0v) is 25.0. The van der Waals surface area contributed by atoms with E-state index in [1.54, 1.807) is 0 Å². The van der Waals surface area contributed by atoms with Crippen molar-refractivity contribution in [2.24, 2.45) is 0 Å². The molecule has 4 heteroatoms. The first-order chi connectivity index (χ1) is 26.0. The largest absolute Gasteiger partial charge is 0.481 e. The van der Waals surface area contributed by atoms with Crippen molar-refractivity contribution in [2.75, 3.05) is 0 Å². The molecule has 0 heterocycles. The minimum Gasteiger partial charge on any atom is -0.481 e. The number of ether oxygens (including phenoxy) is 1. The molecule has 0 aliphatic rings. The zero-order valence-electron chi connectivity index (χ0n) is 42.0. The summed E-state index contributed by atoms with van der Waals surface area (Å²) in [4.78, 5) is 23.3. The fourth-order valence-corrected chi connectivity index (χ4v) is 4.42. The summed E-state index contributed by atoms with van der Waals surface area (Å²) in [5.74, 6) is -0.971. The summed E-state index contributed by atoms with van der Waals surface area (Å²) in [6, 6.07) is 0. The second-order valence-corrected chi connectivity index (χ2v) is 10.3. The minimum atomic E-state index is -4.30. The molecule has 40 heavy (non-hydrogen) atoms. The van der Waals surface area contributed by atoms with Gasteiger partial charge in [-0.25, -0.2) is 0 Å². The number of allylic oxidation sites excluding steroid dienone is 2. The van der Waals surface area contributed by atoms with E-state index in [9.17, 15) is 9.59 Å². The normalized spacial score (nSPS) is 21.4. The molecule has 0 aromatic heterocycles. The molecule has 1 unspecified atom stereocenters. The minimum absolute atomic E-state index is 0.101. The van der Waals surface area contributed by atoms with E-state index in [4.69, 9.17) is 33.1 Å². The van der Waals surface area contributed by atoms with E-state index in [0.29, 0.717) is 25.3 Å². The Kier molecular flexibility index (Phi) is 14.8. The van der Waals surface area contributed by atoms with Crippen LogP contribution in [0.2, 0.25) is 0 Å². The first-order valence-electron chi connectivity index (χ1n) is 24.1. The average Bonchev–Trinajstić information content (AvgIpc) is 3.08. The van der Waals surface area contributed by atoms with Crippen LogP contribution in [0.5, 0.6) is 0 Å². The molecule has 0 rings (SSSR count). The summed E-state index contributed by atoms with van der Waals surface area (Å²) in [5.41, 5.74) is 0. The van der Waals surface area contributed by atoms with Crippen molar-refractivity contribution in [3.05, 3.63) is 12.2 Å². The molecular weight excluding hydrogens is 496 g/mol. The van der Waals surface area contributed by atoms with Gasteiger partial charge in [0.15, 0.2) is 0 Å². The van der Waals surface area contributed by atoms with Crippen molar-refractivity contribution in [1.29, 1.82) is 0 Å². The Morgan fingerprint density at radius 1 is 0.700 bits per heavy atom. The van der Waals surface area contributed by atoms with Gasteiger partial charge >= 0.3 is 11.9 Å². The molecular formula is C36H68O4. The fraction of sp³-hybridized carbons (Fsp3) is 0.889. The van der Waals surface area contributed by atoms with Crippen LogP contribution in [0.4, 0.5) is 0 Å². The molecule has 0 aliphatic heterocycles. The summed E-state index contributed by atoms with van der Waals surface area (Å²) in [7, 11) is 0. The van der Waals surface area contributed by atoms with E-state index >= 15 is 0 Å². The van der Waals surface area contributed by atoms with Gasteiger partial charge in [-0.15, -0.1) is 0 Å². The van der Waals surface area contributed by atoms with E-state index in [0.717, 1.165) is 103 Å². The molecule has 0 aliphatic carbocycles. The van der Waals surface area contributed by atoms with Crippen molar-refractivity contribution < 1.29 is 42.7 Å². The van der Waals surface area contributed by atoms with Crippen LogP contribution in [-0.2, 0) is 14.3 Å². The Labute approximate surface area is 273 Å². The van der Waals surface area contributed by atoms with Gasteiger partial charge in [-0.3, -0.25) is 9.59 Å². The summed E-state index contributed by atoms with van der Waals surface area (Å²) in [5, 5.41) is 8.72. The lowest BCUT2D eigenvalue weighted by molar-refractivity contribution is -0.150. The number of aliphatic carboxylic acids is 1. The fourth-order valence-electron chi connectivity index (χ4n) is 4.42. The number of rotatable bonds is 32. The van der Waals surface area contributed by atoms with Crippen molar-refractivity contribution in [1.82, 2.24) is 0 Å². The lowest BCUT2D eigenvalue weighted by Crippen LogP contribution is -2.18. The molecule has 0 saturated heterocycles. The maximum absolute atomic E-state index is 12.7. The van der Waals surface area contributed by atoms with Gasteiger partial charge in [0.25, 0.3) is 0 Å². The van der Waals surface area contributed by atoms with Gasteiger partial charge in [0.05, 0.1) is 0 Å². The van der Waals surface area contributed by atoms with E-state index < -0.39 is 57.4 Å². The zero-order chi connectivity index (χ0) is 44.4. The number of carbonyl (C=O) groups excluding carboxylic acids is 1. The van der Waals surface area contributed by atoms with Crippen LogP contribution < -0.4 is 0 Å². The number of unbranched alkanes of at least 4 members (excludes halogenated alkanes) is 15. The van der Waals surface area contributed by atoms with Gasteiger partial charge in [-0.2, -0.15) is 0 Å². The van der Waals surface area contributed by atoms with Crippen LogP contribution in [0.25, 0.3) is 0 Å². The van der Waals surface area contributed by atoms with Gasteiger partial charge < -0.3 is 9.84 Å². The van der Waals surface area contributed by atoms with E-state index in [1.165, 1.54) is 6.08 Å². The Hall–Kier alpha value is -1.32. The van der Waals surface area contributed by atoms with Crippen molar-refractivity contribution in [2.45, 2.75) is 206 Å². The highest BCUT2D eigenvalue weighted by molar-refractivity contribution is 5.69. The Morgan fingerprint density at radius 2 is 1.25 bits per heavy atom. The molecule has 236 valence electrons. The summed E-state index contributed by atoms with van der Waals surface area (Å²) in [6.07, 6.45) is -8.04. The van der Waals surface area contributed by atoms with Crippen molar-refractivity contribution >= 4 is 11.9 Å². The Bertz CT molecular complexity index is 1200. The van der Waals surface area contributed by atoms with E-state index in [-0.39, 0.29) is 31.3 Å². The highest BCUT2D eigenvalue weighted by Gasteiger charge is 2.14.